The zero-order chi connectivity index (χ0) is 25.9. The first-order valence-electron chi connectivity index (χ1n) is 12.0. The highest BCUT2D eigenvalue weighted by molar-refractivity contribution is 6.07. The third kappa shape index (κ3) is 5.43. The average molecular weight is 509 g/mol. The number of anilines is 1. The molecule has 1 saturated carbocycles. The third-order valence-corrected chi connectivity index (χ3v) is 6.24. The Balaban J connectivity index is 1.45. The van der Waals surface area contributed by atoms with Gasteiger partial charge < -0.3 is 18.9 Å². The van der Waals surface area contributed by atoms with E-state index in [1.165, 1.54) is 17.4 Å². The largest absolute Gasteiger partial charge is 0.491 e. The molecule has 0 aliphatic heterocycles. The highest BCUT2D eigenvalue weighted by atomic mass is 19.3. The number of nitrogens with zero attached hydrogens (tertiary/aromatic N) is 4. The number of hydrogen-bond acceptors (Lipinski definition) is 7. The van der Waals surface area contributed by atoms with Crippen molar-refractivity contribution in [2.45, 2.75) is 38.9 Å². The Morgan fingerprint density at radius 2 is 1.97 bits per heavy atom. The Hall–Kier alpha value is -3.92. The van der Waals surface area contributed by atoms with E-state index in [1.54, 1.807) is 18.3 Å². The Morgan fingerprint density at radius 1 is 1.16 bits per heavy atom. The molecule has 8 nitrogen and oxygen atoms in total. The summed E-state index contributed by atoms with van der Waals surface area (Å²) in [4.78, 5) is 23.3. The van der Waals surface area contributed by atoms with E-state index in [0.717, 1.165) is 22.6 Å². The summed E-state index contributed by atoms with van der Waals surface area (Å²) in [5.41, 5.74) is 3.47. The second kappa shape index (κ2) is 10.6. The Morgan fingerprint density at radius 3 is 2.68 bits per heavy atom. The molecule has 2 aromatic carbocycles. The molecule has 0 bridgehead atoms. The highest BCUT2D eigenvalue weighted by Gasteiger charge is 2.47. The normalized spacial score (nSPS) is 16.9. The molecular weight excluding hydrogens is 482 g/mol. The van der Waals surface area contributed by atoms with Gasteiger partial charge in [-0.3, -0.25) is 4.79 Å². The van der Waals surface area contributed by atoms with Crippen LogP contribution in [-0.4, -0.2) is 46.9 Å². The molecule has 1 aliphatic carbocycles. The lowest BCUT2D eigenvalue weighted by molar-refractivity contribution is -0.130. The molecule has 2 heterocycles. The van der Waals surface area contributed by atoms with Crippen LogP contribution in [0.25, 0.3) is 22.1 Å². The van der Waals surface area contributed by atoms with Crippen molar-refractivity contribution in [3.8, 4) is 16.9 Å². The number of benzene rings is 2. The number of aromatic nitrogens is 3. The van der Waals surface area contributed by atoms with E-state index in [1.807, 2.05) is 44.2 Å². The molecule has 37 heavy (non-hydrogen) atoms. The molecular formula is C27H26F2N4O4. The molecule has 0 saturated heterocycles. The summed E-state index contributed by atoms with van der Waals surface area (Å²) in [7, 11) is 0. The van der Waals surface area contributed by atoms with Crippen molar-refractivity contribution in [3.05, 3.63) is 66.9 Å². The molecule has 0 radical (unpaired) electrons. The quantitative estimate of drug-likeness (QED) is 0.281. The standard InChI is InChI=1S/C27H26F2N4O4/c1-16(2)36-18-5-3-17(4-6-18)19-7-8-24(22-14-32-37-25(19)22)33(11-12-35-27(28)29)26(34)21-13-20(21)23-9-10-30-15-31-23/h3-10,14-16,20-21,27H,11-13H2,1-2H3/t20-,21-/m1/s1. The topological polar surface area (TPSA) is 90.6 Å². The van der Waals surface area contributed by atoms with Gasteiger partial charge >= 0.3 is 6.61 Å². The summed E-state index contributed by atoms with van der Waals surface area (Å²) >= 11 is 0. The zero-order valence-electron chi connectivity index (χ0n) is 20.4. The fourth-order valence-corrected chi connectivity index (χ4v) is 4.49. The number of rotatable bonds is 10. The molecule has 10 heteroatoms. The monoisotopic (exact) mass is 508 g/mol. The highest BCUT2D eigenvalue weighted by Crippen LogP contribution is 2.48. The van der Waals surface area contributed by atoms with E-state index >= 15 is 0 Å². The second-order valence-electron chi connectivity index (χ2n) is 9.10. The first kappa shape index (κ1) is 24.8. The number of fused-ring (bicyclic) bond motifs is 1. The molecule has 1 fully saturated rings. The van der Waals surface area contributed by atoms with Crippen LogP contribution in [0.3, 0.4) is 0 Å². The number of ether oxygens (including phenoxy) is 2. The zero-order valence-corrected chi connectivity index (χ0v) is 20.4. The van der Waals surface area contributed by atoms with Crippen molar-refractivity contribution in [1.29, 1.82) is 0 Å². The summed E-state index contributed by atoms with van der Waals surface area (Å²) in [6.07, 6.45) is 5.30. The van der Waals surface area contributed by atoms with E-state index < -0.39 is 6.61 Å². The fraction of sp³-hybridized carbons (Fsp3) is 0.333. The number of alkyl halides is 2. The van der Waals surface area contributed by atoms with Crippen LogP contribution < -0.4 is 9.64 Å². The van der Waals surface area contributed by atoms with Gasteiger partial charge in [-0.1, -0.05) is 17.3 Å². The average Bonchev–Trinajstić information content (AvgIpc) is 3.54. The van der Waals surface area contributed by atoms with Crippen LogP contribution >= 0.6 is 0 Å². The van der Waals surface area contributed by atoms with E-state index in [4.69, 9.17) is 9.26 Å². The second-order valence-corrected chi connectivity index (χ2v) is 9.10. The smallest absolute Gasteiger partial charge is 0.345 e. The summed E-state index contributed by atoms with van der Waals surface area (Å²) in [6.45, 7) is 0.632. The van der Waals surface area contributed by atoms with Gasteiger partial charge in [-0.2, -0.15) is 8.78 Å². The Bertz CT molecular complexity index is 1360. The molecule has 4 aromatic rings. The van der Waals surface area contributed by atoms with Crippen LogP contribution in [0.15, 0.2) is 65.7 Å². The molecule has 192 valence electrons. The molecule has 0 unspecified atom stereocenters. The van der Waals surface area contributed by atoms with Crippen molar-refractivity contribution in [1.82, 2.24) is 15.1 Å². The molecule has 1 amide bonds. The molecule has 0 N–H and O–H groups in total. The number of amides is 1. The SMILES string of the molecule is CC(C)Oc1ccc(-c2ccc(N(CCOC(F)F)C(=O)[C@@H]3C[C@H]3c3ccncn3)c3cnoc23)cc1. The van der Waals surface area contributed by atoms with Gasteiger partial charge in [0.25, 0.3) is 0 Å². The van der Waals surface area contributed by atoms with Crippen molar-refractivity contribution in [2.24, 2.45) is 5.92 Å². The first-order chi connectivity index (χ1) is 17.9. The number of carbonyl (C=O) groups excluding carboxylic acids is 1. The van der Waals surface area contributed by atoms with E-state index in [-0.39, 0.29) is 37.0 Å². The van der Waals surface area contributed by atoms with E-state index in [9.17, 15) is 13.6 Å². The first-order valence-corrected chi connectivity index (χ1v) is 12.0. The lowest BCUT2D eigenvalue weighted by atomic mass is 10.0. The van der Waals surface area contributed by atoms with Gasteiger partial charge in [0.05, 0.1) is 30.0 Å². The van der Waals surface area contributed by atoms with Crippen molar-refractivity contribution < 1.29 is 27.6 Å². The van der Waals surface area contributed by atoms with Crippen LogP contribution in [-0.2, 0) is 9.53 Å². The number of halogens is 2. The van der Waals surface area contributed by atoms with Gasteiger partial charge in [0.2, 0.25) is 5.91 Å². The number of carbonyl (C=O) groups is 1. The fourth-order valence-electron chi connectivity index (χ4n) is 4.49. The van der Waals surface area contributed by atoms with Gasteiger partial charge in [0.15, 0.2) is 5.58 Å². The van der Waals surface area contributed by atoms with Gasteiger partial charge in [-0.25, -0.2) is 9.97 Å². The molecule has 2 atom stereocenters. The van der Waals surface area contributed by atoms with Crippen LogP contribution in [0.5, 0.6) is 5.75 Å². The lowest BCUT2D eigenvalue weighted by Gasteiger charge is -2.24. The minimum Gasteiger partial charge on any atom is -0.491 e. The molecule has 5 rings (SSSR count). The molecule has 0 spiro atoms. The van der Waals surface area contributed by atoms with Gasteiger partial charge in [-0.05, 0) is 56.2 Å². The van der Waals surface area contributed by atoms with Gasteiger partial charge in [0, 0.05) is 35.8 Å². The van der Waals surface area contributed by atoms with E-state index in [2.05, 4.69) is 19.9 Å². The Kier molecular flexibility index (Phi) is 7.09. The summed E-state index contributed by atoms with van der Waals surface area (Å²) in [6, 6.07) is 13.0. The third-order valence-electron chi connectivity index (χ3n) is 6.24. The van der Waals surface area contributed by atoms with E-state index in [0.29, 0.717) is 23.1 Å². The lowest BCUT2D eigenvalue weighted by Crippen LogP contribution is -2.36. The van der Waals surface area contributed by atoms with Crippen molar-refractivity contribution in [2.75, 3.05) is 18.1 Å². The molecule has 1 aliphatic rings. The minimum atomic E-state index is -2.92. The maximum absolute atomic E-state index is 13.6. The van der Waals surface area contributed by atoms with Crippen LogP contribution in [0.4, 0.5) is 14.5 Å². The van der Waals surface area contributed by atoms with Crippen LogP contribution in [0.1, 0.15) is 31.9 Å². The molecule has 2 aromatic heterocycles. The predicted octanol–water partition coefficient (Wildman–Crippen LogP) is 5.45. The maximum atomic E-state index is 13.6. The van der Waals surface area contributed by atoms with Crippen LogP contribution in [0, 0.1) is 5.92 Å². The summed E-state index contributed by atoms with van der Waals surface area (Å²) in [5, 5.41) is 4.57. The maximum Gasteiger partial charge on any atom is 0.345 e. The minimum absolute atomic E-state index is 0.0437. The predicted molar refractivity (Wildman–Crippen MR) is 132 cm³/mol. The van der Waals surface area contributed by atoms with Crippen molar-refractivity contribution in [3.63, 3.8) is 0 Å². The van der Waals surface area contributed by atoms with Gasteiger partial charge in [-0.15, -0.1) is 0 Å². The van der Waals surface area contributed by atoms with Crippen molar-refractivity contribution >= 4 is 22.6 Å². The summed E-state index contributed by atoms with van der Waals surface area (Å²) < 4.78 is 41.2. The van der Waals surface area contributed by atoms with Crippen LogP contribution in [0.2, 0.25) is 0 Å². The summed E-state index contributed by atoms with van der Waals surface area (Å²) in [5.74, 6) is 0.206. The Labute approximate surface area is 212 Å². The number of hydrogen-bond donors (Lipinski definition) is 0. The van der Waals surface area contributed by atoms with Gasteiger partial charge in [0.1, 0.15) is 12.1 Å².